The van der Waals surface area contributed by atoms with Gasteiger partial charge in [0.25, 0.3) is 0 Å². The first-order chi connectivity index (χ1) is 22.3. The first-order valence-electron chi connectivity index (χ1n) is 15.4. The van der Waals surface area contributed by atoms with Crippen molar-refractivity contribution < 1.29 is 19.0 Å². The predicted molar refractivity (Wildman–Crippen MR) is 175 cm³/mol. The van der Waals surface area contributed by atoms with Gasteiger partial charge in [0.1, 0.15) is 0 Å². The van der Waals surface area contributed by atoms with Crippen LogP contribution in [0.1, 0.15) is 36.0 Å². The van der Waals surface area contributed by atoms with Crippen LogP contribution in [0.25, 0.3) is 22.5 Å². The molecule has 0 saturated carbocycles. The lowest BCUT2D eigenvalue weighted by Gasteiger charge is -2.18. The number of amides is 1. The number of nitrogens with one attached hydrogen (secondary N) is 3. The molecule has 0 spiro atoms. The molecular formula is C34H37ClFN7O3. The first-order valence-corrected chi connectivity index (χ1v) is 15.8. The second kappa shape index (κ2) is 14.1. The Balaban J connectivity index is 1.21. The monoisotopic (exact) mass is 645 g/mol. The van der Waals surface area contributed by atoms with Crippen molar-refractivity contribution in [2.75, 3.05) is 32.1 Å². The van der Waals surface area contributed by atoms with Gasteiger partial charge in [-0.25, -0.2) is 14.4 Å². The van der Waals surface area contributed by atoms with Crippen LogP contribution in [0.4, 0.5) is 15.9 Å². The fraction of sp³-hybridized carbons (Fsp3) is 0.353. The van der Waals surface area contributed by atoms with E-state index < -0.39 is 5.82 Å². The van der Waals surface area contributed by atoms with Crippen LogP contribution < -0.4 is 20.7 Å². The third kappa shape index (κ3) is 6.97. The number of aliphatic hydroxyl groups is 1. The maximum Gasteiger partial charge on any atom is 0.220 e. The number of anilines is 2. The second-order valence-corrected chi connectivity index (χ2v) is 12.1. The molecular weight excluding hydrogens is 609 g/mol. The molecule has 2 saturated heterocycles. The Morgan fingerprint density at radius 3 is 2.72 bits per heavy atom. The fourth-order valence-corrected chi connectivity index (χ4v) is 6.33. The number of methoxy groups -OCH3 is 1. The van der Waals surface area contributed by atoms with Crippen LogP contribution in [-0.2, 0) is 17.9 Å². The number of rotatable bonds is 11. The van der Waals surface area contributed by atoms with E-state index in [9.17, 15) is 9.90 Å². The number of likely N-dealkylation sites (tertiary alicyclic amines) is 1. The number of pyridine rings is 3. The summed E-state index contributed by atoms with van der Waals surface area (Å²) in [6.07, 6.45) is 4.99. The standard InChI is InChI=1S/C34H37ClFN7O3/c1-20-25(4-3-5-27(20)41-33-31(36)22(10-13-39-33)18-43-15-12-24(44)19-43)32-30(35)26(11-14-38-32)28-8-6-21(34(42-28)46-2)16-37-17-23-7-9-29(45)40-23/h3-6,8,10-11,13-14,23-24,37,44H,7,9,12,15-19H2,1-2H3,(H,39,41)(H,40,45)/t23-,24-/m0/s1. The lowest BCUT2D eigenvalue weighted by molar-refractivity contribution is -0.119. The number of aromatic nitrogens is 3. The number of halogens is 2. The molecule has 3 aromatic heterocycles. The molecule has 0 bridgehead atoms. The van der Waals surface area contributed by atoms with Gasteiger partial charge in [-0.3, -0.25) is 14.7 Å². The van der Waals surface area contributed by atoms with Crippen LogP contribution in [0, 0.1) is 12.7 Å². The molecule has 0 aliphatic carbocycles. The zero-order valence-electron chi connectivity index (χ0n) is 25.8. The number of carbonyl (C=O) groups excluding carboxylic acids is 1. The van der Waals surface area contributed by atoms with Crippen molar-refractivity contribution in [1.29, 1.82) is 0 Å². The molecule has 2 aliphatic heterocycles. The van der Waals surface area contributed by atoms with E-state index in [1.807, 2.05) is 48.2 Å². The molecule has 1 aromatic carbocycles. The van der Waals surface area contributed by atoms with Gasteiger partial charge in [-0.1, -0.05) is 29.8 Å². The second-order valence-electron chi connectivity index (χ2n) is 11.7. The van der Waals surface area contributed by atoms with Crippen molar-refractivity contribution in [3.05, 3.63) is 82.4 Å². The average molecular weight is 646 g/mol. The van der Waals surface area contributed by atoms with Gasteiger partial charge in [0.2, 0.25) is 11.8 Å². The largest absolute Gasteiger partial charge is 0.481 e. The quantitative estimate of drug-likeness (QED) is 0.179. The summed E-state index contributed by atoms with van der Waals surface area (Å²) in [5.41, 5.74) is 5.60. The summed E-state index contributed by atoms with van der Waals surface area (Å²) in [4.78, 5) is 27.1. The Labute approximate surface area is 272 Å². The SMILES string of the molecule is COc1nc(-c2ccnc(-c3cccc(Nc4nccc(CN5CC[C@H](O)C5)c4F)c3C)c2Cl)ccc1CNC[C@@H]1CCC(=O)N1. The third-order valence-electron chi connectivity index (χ3n) is 8.54. The number of hydrogen-bond acceptors (Lipinski definition) is 9. The van der Waals surface area contributed by atoms with Crippen LogP contribution in [-0.4, -0.2) is 69.8 Å². The van der Waals surface area contributed by atoms with Gasteiger partial charge >= 0.3 is 0 Å². The molecule has 2 atom stereocenters. The van der Waals surface area contributed by atoms with Gasteiger partial charge in [-0.15, -0.1) is 0 Å². The summed E-state index contributed by atoms with van der Waals surface area (Å²) in [5.74, 6) is 0.281. The minimum absolute atomic E-state index is 0.0916. The summed E-state index contributed by atoms with van der Waals surface area (Å²) in [6.45, 7) is 4.80. The van der Waals surface area contributed by atoms with Crippen molar-refractivity contribution in [2.24, 2.45) is 0 Å². The molecule has 6 rings (SSSR count). The number of ether oxygens (including phenoxy) is 1. The van der Waals surface area contributed by atoms with E-state index in [0.29, 0.717) is 78.1 Å². The highest BCUT2D eigenvalue weighted by atomic mass is 35.5. The average Bonchev–Trinajstić information content (AvgIpc) is 3.67. The highest BCUT2D eigenvalue weighted by molar-refractivity contribution is 6.35. The molecule has 10 nitrogen and oxygen atoms in total. The van der Waals surface area contributed by atoms with E-state index in [1.165, 1.54) is 0 Å². The molecule has 240 valence electrons. The number of aliphatic hydroxyl groups excluding tert-OH is 1. The minimum atomic E-state index is -0.421. The van der Waals surface area contributed by atoms with Crippen molar-refractivity contribution in [2.45, 2.75) is 51.4 Å². The topological polar surface area (TPSA) is 125 Å². The van der Waals surface area contributed by atoms with Crippen LogP contribution in [0.2, 0.25) is 5.02 Å². The Bertz CT molecular complexity index is 1740. The molecule has 1 amide bonds. The summed E-state index contributed by atoms with van der Waals surface area (Å²) in [5, 5.41) is 19.8. The van der Waals surface area contributed by atoms with E-state index in [0.717, 1.165) is 29.7 Å². The number of hydrogen-bond donors (Lipinski definition) is 4. The first kappa shape index (κ1) is 31.8. The predicted octanol–water partition coefficient (Wildman–Crippen LogP) is 4.99. The van der Waals surface area contributed by atoms with Gasteiger partial charge in [-0.2, -0.15) is 0 Å². The minimum Gasteiger partial charge on any atom is -0.481 e. The Hall–Kier alpha value is -4.16. The molecule has 46 heavy (non-hydrogen) atoms. The van der Waals surface area contributed by atoms with E-state index in [1.54, 1.807) is 25.6 Å². The van der Waals surface area contributed by atoms with Gasteiger partial charge in [0.05, 0.1) is 29.6 Å². The van der Waals surface area contributed by atoms with E-state index >= 15 is 4.39 Å². The summed E-state index contributed by atoms with van der Waals surface area (Å²) >= 11 is 7.00. The smallest absolute Gasteiger partial charge is 0.220 e. The zero-order chi connectivity index (χ0) is 32.2. The van der Waals surface area contributed by atoms with Crippen molar-refractivity contribution in [3.63, 3.8) is 0 Å². The number of β-amino-alcohol motifs (C(OH)–C–C–N with tert-alkyl or cyclic N) is 1. The van der Waals surface area contributed by atoms with Gasteiger partial charge in [0, 0.05) is 85.5 Å². The summed E-state index contributed by atoms with van der Waals surface area (Å²) in [6, 6.07) is 13.1. The molecule has 4 N–H and O–H groups in total. The van der Waals surface area contributed by atoms with Crippen LogP contribution in [0.5, 0.6) is 5.88 Å². The number of benzene rings is 1. The Morgan fingerprint density at radius 2 is 1.96 bits per heavy atom. The van der Waals surface area contributed by atoms with E-state index in [4.69, 9.17) is 21.3 Å². The summed E-state index contributed by atoms with van der Waals surface area (Å²) in [7, 11) is 1.58. The molecule has 2 fully saturated rings. The lowest BCUT2D eigenvalue weighted by Crippen LogP contribution is -2.35. The number of carbonyl (C=O) groups is 1. The van der Waals surface area contributed by atoms with Gasteiger partial charge in [-0.05, 0) is 49.6 Å². The van der Waals surface area contributed by atoms with Crippen LogP contribution in [0.3, 0.4) is 0 Å². The highest BCUT2D eigenvalue weighted by Crippen LogP contribution is 2.38. The molecule has 12 heteroatoms. The van der Waals surface area contributed by atoms with Crippen molar-refractivity contribution in [3.8, 4) is 28.4 Å². The van der Waals surface area contributed by atoms with Gasteiger partial charge < -0.3 is 25.8 Å². The van der Waals surface area contributed by atoms with Crippen molar-refractivity contribution >= 4 is 29.0 Å². The maximum absolute atomic E-state index is 15.5. The Morgan fingerprint density at radius 1 is 1.11 bits per heavy atom. The lowest BCUT2D eigenvalue weighted by atomic mass is 10.0. The zero-order valence-corrected chi connectivity index (χ0v) is 26.6. The Kier molecular flexibility index (Phi) is 9.74. The molecule has 0 unspecified atom stereocenters. The van der Waals surface area contributed by atoms with E-state index in [2.05, 4.69) is 25.9 Å². The van der Waals surface area contributed by atoms with Crippen molar-refractivity contribution in [1.82, 2.24) is 30.5 Å². The number of nitrogens with zero attached hydrogens (tertiary/aromatic N) is 4. The molecule has 5 heterocycles. The van der Waals surface area contributed by atoms with E-state index in [-0.39, 0.29) is 23.9 Å². The normalized spacial score (nSPS) is 18.2. The highest BCUT2D eigenvalue weighted by Gasteiger charge is 2.23. The molecule has 4 aromatic rings. The van der Waals surface area contributed by atoms with Crippen LogP contribution in [0.15, 0.2) is 54.9 Å². The van der Waals surface area contributed by atoms with Gasteiger partial charge in [0.15, 0.2) is 11.6 Å². The maximum atomic E-state index is 15.5. The van der Waals surface area contributed by atoms with Crippen LogP contribution >= 0.6 is 11.6 Å². The molecule has 0 radical (unpaired) electrons. The third-order valence-corrected chi connectivity index (χ3v) is 8.92. The molecule has 2 aliphatic rings. The fourth-order valence-electron chi connectivity index (χ4n) is 6.02. The summed E-state index contributed by atoms with van der Waals surface area (Å²) < 4.78 is 21.1.